The van der Waals surface area contributed by atoms with Gasteiger partial charge in [0.15, 0.2) is 6.04 Å². The van der Waals surface area contributed by atoms with Crippen LogP contribution in [0.3, 0.4) is 0 Å². The van der Waals surface area contributed by atoms with Gasteiger partial charge in [0.25, 0.3) is 0 Å². The lowest BCUT2D eigenvalue weighted by Crippen LogP contribution is -2.19. The van der Waals surface area contributed by atoms with Crippen LogP contribution in [0, 0.1) is 0 Å². The van der Waals surface area contributed by atoms with Crippen molar-refractivity contribution >= 4 is 36.9 Å². The van der Waals surface area contributed by atoms with Crippen LogP contribution < -0.4 is 0 Å². The molecule has 0 bridgehead atoms. The average Bonchev–Trinajstić information content (AvgIpc) is 2.03. The van der Waals surface area contributed by atoms with Crippen molar-refractivity contribution in [1.29, 1.82) is 0 Å². The Morgan fingerprint density at radius 1 is 1.40 bits per heavy atom. The Labute approximate surface area is 100 Å². The molecule has 0 aromatic rings. The molecule has 3 nitrogen and oxygen atoms in total. The van der Waals surface area contributed by atoms with Crippen LogP contribution in [0.4, 0.5) is 0 Å². The highest BCUT2D eigenvalue weighted by Gasteiger charge is 2.20. The van der Waals surface area contributed by atoms with Gasteiger partial charge in [-0.3, -0.25) is 4.99 Å². The molecule has 0 aliphatic rings. The van der Waals surface area contributed by atoms with E-state index >= 15 is 0 Å². The lowest BCUT2D eigenvalue weighted by molar-refractivity contribution is -0.137. The van der Waals surface area contributed by atoms with Crippen molar-refractivity contribution in [2.45, 2.75) is 13.0 Å². The quantitative estimate of drug-likeness (QED) is 0.580. The van der Waals surface area contributed by atoms with E-state index in [0.717, 1.165) is 4.91 Å². The number of thioether (sulfide) groups is 1. The highest BCUT2D eigenvalue weighted by Crippen LogP contribution is 2.29. The van der Waals surface area contributed by atoms with Gasteiger partial charge in [-0.2, -0.15) is 0 Å². The molecule has 0 spiro atoms. The molecule has 0 aliphatic heterocycles. The van der Waals surface area contributed by atoms with Crippen molar-refractivity contribution in [1.82, 2.24) is 0 Å². The number of carbonyl (C=O) groups is 1. The topological polar surface area (TPSA) is 49.7 Å². The minimum atomic E-state index is -1.08. The predicted molar refractivity (Wildman–Crippen MR) is 68.9 cm³/mol. The predicted octanol–water partition coefficient (Wildman–Crippen LogP) is 2.90. The first kappa shape index (κ1) is 16.4. The first-order chi connectivity index (χ1) is 6.40. The van der Waals surface area contributed by atoms with Crippen LogP contribution in [-0.2, 0) is 4.79 Å². The van der Waals surface area contributed by atoms with Gasteiger partial charge in [0.1, 0.15) is 0 Å². The summed E-state index contributed by atoms with van der Waals surface area (Å²) in [6.45, 7) is 16.0. The second kappa shape index (κ2) is 7.31. The zero-order valence-corrected chi connectivity index (χ0v) is 10.2. The summed E-state index contributed by atoms with van der Waals surface area (Å²) in [6.07, 6.45) is 0. The van der Waals surface area contributed by atoms with Gasteiger partial charge in [-0.15, -0.1) is 12.4 Å². The number of hydrogen-bond donors (Lipinski definition) is 1. The lowest BCUT2D eigenvalue weighted by atomic mass is 10.1. The van der Waals surface area contributed by atoms with Crippen LogP contribution in [0.15, 0.2) is 40.1 Å². The molecule has 0 saturated heterocycles. The monoisotopic (exact) mass is 247 g/mol. The Kier molecular flexibility index (Phi) is 8.01. The lowest BCUT2D eigenvalue weighted by Gasteiger charge is -2.12. The van der Waals surface area contributed by atoms with Gasteiger partial charge in [-0.05, 0) is 24.1 Å². The highest BCUT2D eigenvalue weighted by molar-refractivity contribution is 8.06. The summed E-state index contributed by atoms with van der Waals surface area (Å²) in [5.74, 6) is -1.08. The van der Waals surface area contributed by atoms with E-state index in [1.54, 1.807) is 6.92 Å². The fourth-order valence-corrected chi connectivity index (χ4v) is 1.43. The third kappa shape index (κ3) is 5.44. The summed E-state index contributed by atoms with van der Waals surface area (Å²) in [5.41, 5.74) is 0.348. The van der Waals surface area contributed by atoms with Gasteiger partial charge in [0.2, 0.25) is 0 Å². The third-order valence-electron chi connectivity index (χ3n) is 1.40. The molecule has 0 rings (SSSR count). The van der Waals surface area contributed by atoms with Crippen LogP contribution in [0.1, 0.15) is 6.92 Å². The molecule has 0 unspecified atom stereocenters. The molecule has 0 saturated carbocycles. The van der Waals surface area contributed by atoms with E-state index in [0.29, 0.717) is 10.5 Å². The van der Waals surface area contributed by atoms with Crippen molar-refractivity contribution in [3.63, 3.8) is 0 Å². The number of hydrogen-bond acceptors (Lipinski definition) is 3. The van der Waals surface area contributed by atoms with E-state index in [4.69, 9.17) is 5.11 Å². The van der Waals surface area contributed by atoms with Crippen molar-refractivity contribution in [3.05, 3.63) is 35.1 Å². The van der Waals surface area contributed by atoms with Gasteiger partial charge in [-0.1, -0.05) is 31.5 Å². The molecule has 0 heterocycles. The van der Waals surface area contributed by atoms with Crippen LogP contribution in [-0.4, -0.2) is 23.8 Å². The summed E-state index contributed by atoms with van der Waals surface area (Å²) in [6, 6.07) is -1.02. The number of carboxylic acid groups (broad SMARTS) is 1. The van der Waals surface area contributed by atoms with Crippen molar-refractivity contribution in [2.75, 3.05) is 0 Å². The molecule has 0 aromatic carbocycles. The summed E-state index contributed by atoms with van der Waals surface area (Å²) in [4.78, 5) is 15.5. The SMILES string of the molecule is C=N[C@@H](C(=C)C(=C)SC(=C)C)C(=O)O.Cl. The molecule has 0 fully saturated rings. The first-order valence-corrected chi connectivity index (χ1v) is 4.61. The van der Waals surface area contributed by atoms with Gasteiger partial charge >= 0.3 is 5.97 Å². The maximum atomic E-state index is 10.7. The zero-order chi connectivity index (χ0) is 11.3. The van der Waals surface area contributed by atoms with E-state index in [1.807, 2.05) is 0 Å². The summed E-state index contributed by atoms with van der Waals surface area (Å²) in [7, 11) is 0. The minimum absolute atomic E-state index is 0. The summed E-state index contributed by atoms with van der Waals surface area (Å²) in [5, 5.41) is 8.76. The van der Waals surface area contributed by atoms with E-state index in [2.05, 4.69) is 31.4 Å². The molecule has 0 aliphatic carbocycles. The molecular formula is C10H14ClNO2S. The Hall–Kier alpha value is -1.00. The van der Waals surface area contributed by atoms with Gasteiger partial charge in [0.05, 0.1) is 0 Å². The molecule has 1 N–H and O–H groups in total. The summed E-state index contributed by atoms with van der Waals surface area (Å²) >= 11 is 1.28. The molecule has 5 heteroatoms. The van der Waals surface area contributed by atoms with E-state index in [-0.39, 0.29) is 12.4 Å². The number of halogens is 1. The van der Waals surface area contributed by atoms with Crippen LogP contribution in [0.5, 0.6) is 0 Å². The largest absolute Gasteiger partial charge is 0.479 e. The second-order valence-electron chi connectivity index (χ2n) is 2.68. The molecular weight excluding hydrogens is 234 g/mol. The molecule has 0 aromatic heterocycles. The normalized spacial score (nSPS) is 10.7. The van der Waals surface area contributed by atoms with Gasteiger partial charge in [-0.25, -0.2) is 4.79 Å². The highest BCUT2D eigenvalue weighted by atomic mass is 35.5. The number of rotatable bonds is 6. The van der Waals surface area contributed by atoms with Gasteiger partial charge in [0, 0.05) is 4.91 Å². The van der Waals surface area contributed by atoms with Crippen LogP contribution in [0.2, 0.25) is 0 Å². The zero-order valence-electron chi connectivity index (χ0n) is 8.52. The first-order valence-electron chi connectivity index (χ1n) is 3.80. The van der Waals surface area contributed by atoms with Crippen LogP contribution in [0.25, 0.3) is 0 Å². The standard InChI is InChI=1S/C10H13NO2S.ClH/c1-6(2)14-8(4)7(3)9(11-5)10(12)13;/h9H,1,3-5H2,2H3,(H,12,13);1H/t9-;/m0./s1. The molecule has 15 heavy (non-hydrogen) atoms. The molecule has 84 valence electrons. The number of allylic oxidation sites excluding steroid dienone is 1. The maximum absolute atomic E-state index is 10.7. The number of nitrogens with zero attached hydrogens (tertiary/aromatic N) is 1. The Morgan fingerprint density at radius 2 is 1.87 bits per heavy atom. The fraction of sp³-hybridized carbons (Fsp3) is 0.200. The maximum Gasteiger partial charge on any atom is 0.333 e. The summed E-state index contributed by atoms with van der Waals surface area (Å²) < 4.78 is 0. The molecule has 0 amide bonds. The molecule has 1 atom stereocenters. The molecule has 0 radical (unpaired) electrons. The fourth-order valence-electron chi connectivity index (χ4n) is 0.766. The smallest absolute Gasteiger partial charge is 0.333 e. The number of aliphatic carboxylic acids is 1. The van der Waals surface area contributed by atoms with Crippen molar-refractivity contribution < 1.29 is 9.90 Å². The minimum Gasteiger partial charge on any atom is -0.479 e. The van der Waals surface area contributed by atoms with Crippen LogP contribution >= 0.6 is 24.2 Å². The van der Waals surface area contributed by atoms with Crippen molar-refractivity contribution in [3.8, 4) is 0 Å². The Bertz CT molecular complexity index is 313. The second-order valence-corrected chi connectivity index (χ2v) is 4.07. The average molecular weight is 248 g/mol. The number of aliphatic imine (C=N–C) groups is 1. The Morgan fingerprint density at radius 3 is 2.13 bits per heavy atom. The van der Waals surface area contributed by atoms with E-state index in [9.17, 15) is 4.79 Å². The van der Waals surface area contributed by atoms with Gasteiger partial charge < -0.3 is 5.11 Å². The number of carboxylic acids is 1. The van der Waals surface area contributed by atoms with E-state index < -0.39 is 12.0 Å². The van der Waals surface area contributed by atoms with Crippen molar-refractivity contribution in [2.24, 2.45) is 4.99 Å². The van der Waals surface area contributed by atoms with E-state index in [1.165, 1.54) is 11.8 Å². The third-order valence-corrected chi connectivity index (χ3v) is 2.26. The Balaban J connectivity index is 0.